The summed E-state index contributed by atoms with van der Waals surface area (Å²) in [5.41, 5.74) is 0. The summed E-state index contributed by atoms with van der Waals surface area (Å²) in [6.07, 6.45) is 3.51. The van der Waals surface area contributed by atoms with Gasteiger partial charge in [0.05, 0.1) is 4.75 Å². The van der Waals surface area contributed by atoms with Crippen LogP contribution >= 0.6 is 0 Å². The minimum absolute atomic E-state index is 0.284. The maximum absolute atomic E-state index is 12.1. The monoisotopic (exact) mass is 277 g/mol. The highest BCUT2D eigenvalue weighted by atomic mass is 32.2. The molecule has 0 radical (unpaired) electrons. The lowest BCUT2D eigenvalue weighted by Gasteiger charge is -2.26. The zero-order valence-electron chi connectivity index (χ0n) is 11.3. The van der Waals surface area contributed by atoms with Crippen molar-refractivity contribution in [1.82, 2.24) is 4.72 Å². The summed E-state index contributed by atoms with van der Waals surface area (Å²) in [5.74, 6) is -1.14. The van der Waals surface area contributed by atoms with Crippen LogP contribution in [0.3, 0.4) is 0 Å². The number of carboxylic acid groups (broad SMARTS) is 1. The van der Waals surface area contributed by atoms with E-state index in [1.807, 2.05) is 6.92 Å². The average Bonchev–Trinajstić information content (AvgIpc) is 2.25. The first kappa shape index (κ1) is 17.1. The normalized spacial score (nSPS) is 14.2. The van der Waals surface area contributed by atoms with Gasteiger partial charge in [-0.3, -0.25) is 4.79 Å². The zero-order chi connectivity index (χ0) is 14.4. The van der Waals surface area contributed by atoms with Crippen molar-refractivity contribution >= 4 is 16.0 Å². The number of nitrogens with one attached hydrogen (secondary N) is 1. The Morgan fingerprint density at radius 3 is 2.44 bits per heavy atom. The largest absolute Gasteiger partial charge is 0.480 e. The first-order valence-electron chi connectivity index (χ1n) is 6.03. The molecule has 18 heavy (non-hydrogen) atoms. The fourth-order valence-electron chi connectivity index (χ4n) is 1.45. The number of carbonyl (C=O) groups is 1. The van der Waals surface area contributed by atoms with E-state index in [0.29, 0.717) is 19.3 Å². The van der Waals surface area contributed by atoms with Crippen molar-refractivity contribution in [2.45, 2.75) is 57.2 Å². The van der Waals surface area contributed by atoms with Gasteiger partial charge >= 0.3 is 5.97 Å². The van der Waals surface area contributed by atoms with Crippen molar-refractivity contribution in [3.63, 3.8) is 0 Å². The van der Waals surface area contributed by atoms with E-state index < -0.39 is 26.8 Å². The molecule has 0 aromatic rings. The smallest absolute Gasteiger partial charge is 0.321 e. The molecule has 0 aliphatic rings. The van der Waals surface area contributed by atoms with E-state index in [-0.39, 0.29) is 6.42 Å². The van der Waals surface area contributed by atoms with Crippen molar-refractivity contribution in [2.24, 2.45) is 0 Å². The second-order valence-corrected chi connectivity index (χ2v) is 7.24. The van der Waals surface area contributed by atoms with Crippen LogP contribution < -0.4 is 4.72 Å². The molecule has 6 heteroatoms. The molecule has 0 spiro atoms. The van der Waals surface area contributed by atoms with Gasteiger partial charge in [-0.15, -0.1) is 6.58 Å². The minimum atomic E-state index is -3.68. The van der Waals surface area contributed by atoms with E-state index in [2.05, 4.69) is 11.3 Å². The number of hydrogen-bond acceptors (Lipinski definition) is 3. The lowest BCUT2D eigenvalue weighted by molar-refractivity contribution is -0.139. The molecule has 0 rings (SSSR count). The van der Waals surface area contributed by atoms with Crippen LogP contribution in [0.25, 0.3) is 0 Å². The molecule has 0 fully saturated rings. The summed E-state index contributed by atoms with van der Waals surface area (Å²) in [5, 5.41) is 8.97. The molecule has 0 aliphatic heterocycles. The van der Waals surface area contributed by atoms with Crippen LogP contribution in [0.4, 0.5) is 0 Å². The van der Waals surface area contributed by atoms with E-state index in [4.69, 9.17) is 5.11 Å². The Morgan fingerprint density at radius 1 is 1.50 bits per heavy atom. The third kappa shape index (κ3) is 4.78. The summed E-state index contributed by atoms with van der Waals surface area (Å²) in [6, 6.07) is -1.05. The number of carboxylic acids is 1. The number of aliphatic carboxylic acids is 1. The Kier molecular flexibility index (Phi) is 6.56. The van der Waals surface area contributed by atoms with Gasteiger partial charge in [0.1, 0.15) is 6.04 Å². The third-order valence-corrected chi connectivity index (χ3v) is 5.10. The molecule has 0 aromatic heterocycles. The molecule has 0 bridgehead atoms. The molecule has 0 saturated carbocycles. The minimum Gasteiger partial charge on any atom is -0.480 e. The SMILES string of the molecule is C=CCCC(C)(C)S(=O)(=O)NC(CCC)C(=O)O. The third-order valence-electron chi connectivity index (χ3n) is 2.85. The van der Waals surface area contributed by atoms with Gasteiger partial charge in [-0.05, 0) is 33.1 Å². The van der Waals surface area contributed by atoms with Gasteiger partial charge in [0.15, 0.2) is 0 Å². The summed E-state index contributed by atoms with van der Waals surface area (Å²) in [7, 11) is -3.68. The van der Waals surface area contributed by atoms with Crippen LogP contribution in [0.1, 0.15) is 46.5 Å². The van der Waals surface area contributed by atoms with E-state index in [9.17, 15) is 13.2 Å². The summed E-state index contributed by atoms with van der Waals surface area (Å²) in [6.45, 7) is 8.54. The quantitative estimate of drug-likeness (QED) is 0.630. The van der Waals surface area contributed by atoms with Gasteiger partial charge < -0.3 is 5.11 Å². The topological polar surface area (TPSA) is 83.5 Å². The van der Waals surface area contributed by atoms with Crippen LogP contribution in [-0.4, -0.2) is 30.3 Å². The Hall–Kier alpha value is -0.880. The Labute approximate surface area is 109 Å². The molecule has 1 unspecified atom stereocenters. The van der Waals surface area contributed by atoms with Gasteiger partial charge in [-0.1, -0.05) is 19.4 Å². The Balaban J connectivity index is 4.91. The molecule has 106 valence electrons. The number of allylic oxidation sites excluding steroid dienone is 1. The van der Waals surface area contributed by atoms with Crippen molar-refractivity contribution in [3.05, 3.63) is 12.7 Å². The highest BCUT2D eigenvalue weighted by Gasteiger charge is 2.36. The molecule has 0 heterocycles. The van der Waals surface area contributed by atoms with E-state index in [1.54, 1.807) is 19.9 Å². The molecule has 0 saturated heterocycles. The van der Waals surface area contributed by atoms with Gasteiger partial charge in [0.25, 0.3) is 0 Å². The summed E-state index contributed by atoms with van der Waals surface area (Å²) >= 11 is 0. The molecular weight excluding hydrogens is 254 g/mol. The maximum atomic E-state index is 12.1. The van der Waals surface area contributed by atoms with Crippen LogP contribution in [0, 0.1) is 0 Å². The number of sulfonamides is 1. The molecule has 0 aliphatic carbocycles. The van der Waals surface area contributed by atoms with Gasteiger partial charge in [-0.25, -0.2) is 13.1 Å². The fourth-order valence-corrected chi connectivity index (χ4v) is 2.75. The molecular formula is C12H23NO4S. The first-order valence-corrected chi connectivity index (χ1v) is 7.52. The van der Waals surface area contributed by atoms with Crippen molar-refractivity contribution in [1.29, 1.82) is 0 Å². The van der Waals surface area contributed by atoms with E-state index in [1.165, 1.54) is 0 Å². The summed E-state index contributed by atoms with van der Waals surface area (Å²) in [4.78, 5) is 11.0. The molecule has 1 atom stereocenters. The van der Waals surface area contributed by atoms with Crippen LogP contribution in [0.15, 0.2) is 12.7 Å². The maximum Gasteiger partial charge on any atom is 0.321 e. The summed E-state index contributed by atoms with van der Waals surface area (Å²) < 4.78 is 25.5. The van der Waals surface area contributed by atoms with Crippen LogP contribution in [-0.2, 0) is 14.8 Å². The highest BCUT2D eigenvalue weighted by Crippen LogP contribution is 2.22. The second-order valence-electron chi connectivity index (χ2n) is 4.89. The predicted octanol–water partition coefficient (Wildman–Crippen LogP) is 1.90. The molecule has 2 N–H and O–H groups in total. The highest BCUT2D eigenvalue weighted by molar-refractivity contribution is 7.90. The Morgan fingerprint density at radius 2 is 2.06 bits per heavy atom. The zero-order valence-corrected chi connectivity index (χ0v) is 12.1. The number of rotatable bonds is 9. The van der Waals surface area contributed by atoms with Gasteiger partial charge in [-0.2, -0.15) is 0 Å². The molecule has 5 nitrogen and oxygen atoms in total. The first-order chi connectivity index (χ1) is 8.18. The average molecular weight is 277 g/mol. The molecule has 0 aromatic carbocycles. The molecule has 0 amide bonds. The van der Waals surface area contributed by atoms with Crippen LogP contribution in [0.5, 0.6) is 0 Å². The number of hydrogen-bond donors (Lipinski definition) is 2. The predicted molar refractivity (Wildman–Crippen MR) is 71.9 cm³/mol. The lowest BCUT2D eigenvalue weighted by atomic mass is 10.1. The standard InChI is InChI=1S/C12H23NO4S/c1-5-7-9-12(3,4)18(16,17)13-10(8-6-2)11(14)15/h5,10,13H,1,6-9H2,2-4H3,(H,14,15). The fraction of sp³-hybridized carbons (Fsp3) is 0.750. The van der Waals surface area contributed by atoms with E-state index >= 15 is 0 Å². The lowest BCUT2D eigenvalue weighted by Crippen LogP contribution is -2.49. The second kappa shape index (κ2) is 6.89. The van der Waals surface area contributed by atoms with Crippen molar-refractivity contribution in [2.75, 3.05) is 0 Å². The van der Waals surface area contributed by atoms with E-state index in [0.717, 1.165) is 0 Å². The van der Waals surface area contributed by atoms with Crippen molar-refractivity contribution < 1.29 is 18.3 Å². The van der Waals surface area contributed by atoms with Crippen LogP contribution in [0.2, 0.25) is 0 Å². The van der Waals surface area contributed by atoms with Gasteiger partial charge in [0.2, 0.25) is 10.0 Å². The van der Waals surface area contributed by atoms with Gasteiger partial charge in [0, 0.05) is 0 Å². The Bertz CT molecular complexity index is 387. The van der Waals surface area contributed by atoms with Crippen molar-refractivity contribution in [3.8, 4) is 0 Å².